The molecule has 25 heavy (non-hydrogen) atoms. The van der Waals surface area contributed by atoms with Gasteiger partial charge in [0.05, 0.1) is 18.3 Å². The monoisotopic (exact) mass is 346 g/mol. The Morgan fingerprint density at radius 2 is 2.00 bits per heavy atom. The van der Waals surface area contributed by atoms with Crippen LogP contribution in [-0.4, -0.2) is 38.3 Å². The second-order valence-corrected chi connectivity index (χ2v) is 8.03. The van der Waals surface area contributed by atoms with Gasteiger partial charge in [-0.3, -0.25) is 4.79 Å². The van der Waals surface area contributed by atoms with Crippen molar-refractivity contribution in [3.8, 4) is 0 Å². The number of hydrogen-bond acceptors (Lipinski definition) is 4. The van der Waals surface area contributed by atoms with Crippen molar-refractivity contribution in [1.29, 1.82) is 0 Å². The number of carbonyl (C=O) groups is 1. The number of rotatable bonds is 6. The highest BCUT2D eigenvalue weighted by molar-refractivity contribution is 5.76. The molecule has 2 aromatic rings. The van der Waals surface area contributed by atoms with E-state index in [0.29, 0.717) is 12.8 Å². The van der Waals surface area contributed by atoms with Crippen LogP contribution in [0.5, 0.6) is 0 Å². The smallest absolute Gasteiger partial charge is 0.220 e. The molecule has 0 bridgehead atoms. The van der Waals surface area contributed by atoms with E-state index in [2.05, 4.69) is 36.2 Å². The molecule has 1 atom stereocenters. The van der Waals surface area contributed by atoms with E-state index >= 15 is 0 Å². The van der Waals surface area contributed by atoms with Crippen molar-refractivity contribution in [2.75, 3.05) is 6.61 Å². The van der Waals surface area contributed by atoms with Crippen molar-refractivity contribution in [2.24, 2.45) is 5.41 Å². The standard InChI is InChI=1S/C19H30N4O2/c1-12-9-17-20-13(2)16(14(3)23(17)22-12)7-8-18(25)21-15(11-24)10-19(4,5)6/h9,15,24H,7-8,10-11H2,1-6H3,(H,21,25). The largest absolute Gasteiger partial charge is 0.394 e. The SMILES string of the molecule is Cc1cc2nc(C)c(CCC(=O)NC(CO)CC(C)(C)C)c(C)n2n1. The summed E-state index contributed by atoms with van der Waals surface area (Å²) >= 11 is 0. The Bertz CT molecular complexity index is 759. The third kappa shape index (κ3) is 5.01. The van der Waals surface area contributed by atoms with Crippen LogP contribution in [0.4, 0.5) is 0 Å². The molecule has 0 aliphatic heterocycles. The first-order chi connectivity index (χ1) is 11.6. The van der Waals surface area contributed by atoms with Crippen LogP contribution in [0.15, 0.2) is 6.07 Å². The maximum Gasteiger partial charge on any atom is 0.220 e. The molecule has 0 aliphatic carbocycles. The van der Waals surface area contributed by atoms with Gasteiger partial charge in [-0.25, -0.2) is 9.50 Å². The molecule has 0 aliphatic rings. The number of nitrogens with zero attached hydrogens (tertiary/aromatic N) is 3. The normalized spacial score (nSPS) is 13.2. The topological polar surface area (TPSA) is 79.5 Å². The number of amides is 1. The average Bonchev–Trinajstić information content (AvgIpc) is 2.85. The van der Waals surface area contributed by atoms with Gasteiger partial charge in [0.25, 0.3) is 0 Å². The van der Waals surface area contributed by atoms with E-state index in [1.165, 1.54) is 0 Å². The molecule has 2 aromatic heterocycles. The molecule has 6 nitrogen and oxygen atoms in total. The van der Waals surface area contributed by atoms with Crippen LogP contribution in [0.25, 0.3) is 5.65 Å². The van der Waals surface area contributed by atoms with Crippen molar-refractivity contribution in [3.05, 3.63) is 28.7 Å². The van der Waals surface area contributed by atoms with Crippen molar-refractivity contribution in [2.45, 2.75) is 66.8 Å². The first-order valence-electron chi connectivity index (χ1n) is 8.83. The van der Waals surface area contributed by atoms with Gasteiger partial charge in [0.1, 0.15) is 0 Å². The quantitative estimate of drug-likeness (QED) is 0.842. The summed E-state index contributed by atoms with van der Waals surface area (Å²) in [6.45, 7) is 12.2. The molecule has 0 spiro atoms. The number of fused-ring (bicyclic) bond motifs is 1. The number of aliphatic hydroxyl groups is 1. The first kappa shape index (κ1) is 19.4. The van der Waals surface area contributed by atoms with Gasteiger partial charge < -0.3 is 10.4 Å². The molecule has 138 valence electrons. The second kappa shape index (κ2) is 7.52. The minimum absolute atomic E-state index is 0.0405. The van der Waals surface area contributed by atoms with Gasteiger partial charge in [0.2, 0.25) is 5.91 Å². The fourth-order valence-electron chi connectivity index (χ4n) is 3.24. The zero-order chi connectivity index (χ0) is 18.8. The molecular weight excluding hydrogens is 316 g/mol. The van der Waals surface area contributed by atoms with Gasteiger partial charge in [-0.15, -0.1) is 0 Å². The molecule has 6 heteroatoms. The number of nitrogens with one attached hydrogen (secondary N) is 1. The Morgan fingerprint density at radius 3 is 2.60 bits per heavy atom. The van der Waals surface area contributed by atoms with Crippen molar-refractivity contribution in [3.63, 3.8) is 0 Å². The van der Waals surface area contributed by atoms with Crippen LogP contribution >= 0.6 is 0 Å². The molecule has 1 amide bonds. The van der Waals surface area contributed by atoms with Crippen molar-refractivity contribution in [1.82, 2.24) is 19.9 Å². The Labute approximate surface area is 149 Å². The third-order valence-corrected chi connectivity index (χ3v) is 4.33. The lowest BCUT2D eigenvalue weighted by Crippen LogP contribution is -2.40. The molecule has 0 aromatic carbocycles. The van der Waals surface area contributed by atoms with Crippen LogP contribution in [0.1, 0.15) is 56.3 Å². The van der Waals surface area contributed by atoms with E-state index in [9.17, 15) is 9.90 Å². The predicted molar refractivity (Wildman–Crippen MR) is 98.6 cm³/mol. The minimum atomic E-state index is -0.205. The summed E-state index contributed by atoms with van der Waals surface area (Å²) in [5, 5.41) is 16.9. The van der Waals surface area contributed by atoms with E-state index in [1.807, 2.05) is 31.4 Å². The molecule has 0 radical (unpaired) electrons. The molecule has 0 saturated carbocycles. The number of aromatic nitrogens is 3. The van der Waals surface area contributed by atoms with Gasteiger partial charge >= 0.3 is 0 Å². The van der Waals surface area contributed by atoms with E-state index in [-0.39, 0.29) is 24.0 Å². The van der Waals surface area contributed by atoms with Gasteiger partial charge in [-0.2, -0.15) is 5.10 Å². The highest BCUT2D eigenvalue weighted by Gasteiger charge is 2.20. The Hall–Kier alpha value is -1.95. The van der Waals surface area contributed by atoms with E-state index < -0.39 is 0 Å². The zero-order valence-corrected chi connectivity index (χ0v) is 16.2. The maximum atomic E-state index is 12.3. The van der Waals surface area contributed by atoms with Gasteiger partial charge in [0, 0.05) is 23.9 Å². The fraction of sp³-hybridized carbons (Fsp3) is 0.632. The highest BCUT2D eigenvalue weighted by atomic mass is 16.3. The molecule has 1 unspecified atom stereocenters. The third-order valence-electron chi connectivity index (χ3n) is 4.33. The van der Waals surface area contributed by atoms with Crippen LogP contribution in [-0.2, 0) is 11.2 Å². The van der Waals surface area contributed by atoms with Gasteiger partial charge in [0.15, 0.2) is 5.65 Å². The highest BCUT2D eigenvalue weighted by Crippen LogP contribution is 2.21. The fourth-order valence-corrected chi connectivity index (χ4v) is 3.24. The molecule has 2 heterocycles. The molecule has 0 saturated heterocycles. The van der Waals surface area contributed by atoms with Gasteiger partial charge in [-0.1, -0.05) is 20.8 Å². The molecular formula is C19H30N4O2. The zero-order valence-electron chi connectivity index (χ0n) is 16.2. The van der Waals surface area contributed by atoms with E-state index in [4.69, 9.17) is 0 Å². The second-order valence-electron chi connectivity index (χ2n) is 8.03. The molecule has 2 rings (SSSR count). The van der Waals surface area contributed by atoms with E-state index in [0.717, 1.165) is 34.7 Å². The Morgan fingerprint density at radius 1 is 1.32 bits per heavy atom. The van der Waals surface area contributed by atoms with Crippen molar-refractivity contribution >= 4 is 11.6 Å². The number of hydrogen-bond donors (Lipinski definition) is 2. The number of carbonyl (C=O) groups excluding carboxylic acids is 1. The van der Waals surface area contributed by atoms with Gasteiger partial charge in [-0.05, 0) is 44.6 Å². The number of aryl methyl sites for hydroxylation is 3. The molecule has 2 N–H and O–H groups in total. The summed E-state index contributed by atoms with van der Waals surface area (Å²) < 4.78 is 1.84. The van der Waals surface area contributed by atoms with Crippen LogP contribution < -0.4 is 5.32 Å². The Balaban J connectivity index is 2.05. The summed E-state index contributed by atoms with van der Waals surface area (Å²) in [5.74, 6) is -0.0427. The lowest BCUT2D eigenvalue weighted by molar-refractivity contribution is -0.122. The first-order valence-corrected chi connectivity index (χ1v) is 8.83. The lowest BCUT2D eigenvalue weighted by atomic mass is 9.88. The summed E-state index contributed by atoms with van der Waals surface area (Å²) in [4.78, 5) is 16.9. The summed E-state index contributed by atoms with van der Waals surface area (Å²) in [5.41, 5.74) is 4.84. The summed E-state index contributed by atoms with van der Waals surface area (Å²) in [7, 11) is 0. The van der Waals surface area contributed by atoms with Crippen LogP contribution in [0.2, 0.25) is 0 Å². The van der Waals surface area contributed by atoms with Crippen LogP contribution in [0.3, 0.4) is 0 Å². The lowest BCUT2D eigenvalue weighted by Gasteiger charge is -2.25. The van der Waals surface area contributed by atoms with Crippen molar-refractivity contribution < 1.29 is 9.90 Å². The maximum absolute atomic E-state index is 12.3. The summed E-state index contributed by atoms with van der Waals surface area (Å²) in [6, 6.07) is 1.75. The van der Waals surface area contributed by atoms with E-state index in [1.54, 1.807) is 0 Å². The minimum Gasteiger partial charge on any atom is -0.394 e. The summed E-state index contributed by atoms with van der Waals surface area (Å²) in [6.07, 6.45) is 1.72. The molecule has 0 fully saturated rings. The predicted octanol–water partition coefficient (Wildman–Crippen LogP) is 2.50. The number of aliphatic hydroxyl groups excluding tert-OH is 1. The average molecular weight is 346 g/mol. The van der Waals surface area contributed by atoms with Crippen LogP contribution in [0, 0.1) is 26.2 Å². The Kier molecular flexibility index (Phi) is 5.83.